The normalized spacial score (nSPS) is 17.4. The van der Waals surface area contributed by atoms with Crippen molar-refractivity contribution in [3.63, 3.8) is 0 Å². The van der Waals surface area contributed by atoms with Crippen LogP contribution in [0.2, 0.25) is 0 Å². The molecule has 2 aliphatic rings. The predicted molar refractivity (Wildman–Crippen MR) is 139 cm³/mol. The SMILES string of the molecule is NC(=O)c1ccc(Cn2ccc3cc(N4CCC5(CC4)CN(Cc4ccccn4)C5)cnc32)cc1O. The quantitative estimate of drug-likeness (QED) is 0.437. The van der Waals surface area contributed by atoms with Gasteiger partial charge in [0.2, 0.25) is 0 Å². The molecule has 2 aliphatic heterocycles. The van der Waals surface area contributed by atoms with Gasteiger partial charge in [0.25, 0.3) is 5.91 Å². The number of piperidine rings is 1. The molecule has 5 heterocycles. The molecule has 0 saturated carbocycles. The van der Waals surface area contributed by atoms with Gasteiger partial charge < -0.3 is 20.3 Å². The lowest BCUT2D eigenvalue weighted by atomic mass is 9.72. The van der Waals surface area contributed by atoms with Crippen molar-refractivity contribution >= 4 is 22.6 Å². The fraction of sp³-hybridized carbons (Fsp3) is 0.321. The van der Waals surface area contributed by atoms with Crippen LogP contribution in [-0.4, -0.2) is 56.6 Å². The van der Waals surface area contributed by atoms with Gasteiger partial charge >= 0.3 is 0 Å². The molecule has 1 amide bonds. The van der Waals surface area contributed by atoms with Crippen LogP contribution in [0.3, 0.4) is 0 Å². The first-order chi connectivity index (χ1) is 17.5. The molecule has 0 aliphatic carbocycles. The summed E-state index contributed by atoms with van der Waals surface area (Å²) in [7, 11) is 0. The number of fused-ring (bicyclic) bond motifs is 1. The summed E-state index contributed by atoms with van der Waals surface area (Å²) >= 11 is 0. The Morgan fingerprint density at radius 2 is 1.86 bits per heavy atom. The standard InChI is InChI=1S/C28H30N6O2/c29-26(36)24-5-4-20(13-25(24)35)16-34-10-6-21-14-23(15-31-27(21)34)33-11-7-28(8-12-33)18-32(19-28)17-22-3-1-2-9-30-22/h1-6,9-10,13-15,35H,7-8,11-12,16-19H2,(H2,29,36). The molecular weight excluding hydrogens is 452 g/mol. The first kappa shape index (κ1) is 22.5. The van der Waals surface area contributed by atoms with E-state index in [4.69, 9.17) is 10.7 Å². The van der Waals surface area contributed by atoms with E-state index in [9.17, 15) is 9.90 Å². The molecule has 0 atom stereocenters. The van der Waals surface area contributed by atoms with Gasteiger partial charge in [-0.05, 0) is 60.2 Å². The van der Waals surface area contributed by atoms with Gasteiger partial charge in [-0.15, -0.1) is 0 Å². The Kier molecular flexibility index (Phi) is 5.60. The molecule has 8 nitrogen and oxygen atoms in total. The Balaban J connectivity index is 1.08. The Bertz CT molecular complexity index is 1400. The number of hydrogen-bond acceptors (Lipinski definition) is 6. The molecular formula is C28H30N6O2. The highest BCUT2D eigenvalue weighted by atomic mass is 16.3. The third-order valence-electron chi connectivity index (χ3n) is 7.69. The summed E-state index contributed by atoms with van der Waals surface area (Å²) in [5, 5.41) is 11.2. The number of amides is 1. The molecule has 8 heteroatoms. The van der Waals surface area contributed by atoms with Crippen molar-refractivity contribution in [2.45, 2.75) is 25.9 Å². The molecule has 1 spiro atoms. The lowest BCUT2D eigenvalue weighted by molar-refractivity contribution is -0.0247. The molecule has 184 valence electrons. The van der Waals surface area contributed by atoms with Gasteiger partial charge in [-0.2, -0.15) is 0 Å². The van der Waals surface area contributed by atoms with Crippen molar-refractivity contribution in [1.82, 2.24) is 19.4 Å². The topological polar surface area (TPSA) is 101 Å². The Labute approximate surface area is 210 Å². The van der Waals surface area contributed by atoms with E-state index in [1.165, 1.54) is 18.5 Å². The minimum atomic E-state index is -0.637. The molecule has 0 bridgehead atoms. The van der Waals surface area contributed by atoms with E-state index in [0.29, 0.717) is 12.0 Å². The zero-order chi connectivity index (χ0) is 24.7. The van der Waals surface area contributed by atoms with Gasteiger partial charge in [-0.25, -0.2) is 4.98 Å². The van der Waals surface area contributed by atoms with Crippen LogP contribution >= 0.6 is 0 Å². The summed E-state index contributed by atoms with van der Waals surface area (Å²) in [5.41, 5.74) is 9.96. The summed E-state index contributed by atoms with van der Waals surface area (Å²) in [6, 6.07) is 15.4. The van der Waals surface area contributed by atoms with Crippen LogP contribution in [0.1, 0.15) is 34.5 Å². The van der Waals surface area contributed by atoms with Crippen LogP contribution in [0.25, 0.3) is 11.0 Å². The number of nitrogens with zero attached hydrogens (tertiary/aromatic N) is 5. The van der Waals surface area contributed by atoms with E-state index in [0.717, 1.165) is 55.0 Å². The predicted octanol–water partition coefficient (Wildman–Crippen LogP) is 3.39. The first-order valence-electron chi connectivity index (χ1n) is 12.4. The van der Waals surface area contributed by atoms with E-state index in [2.05, 4.69) is 39.0 Å². The summed E-state index contributed by atoms with van der Waals surface area (Å²) in [5.74, 6) is -0.733. The number of carbonyl (C=O) groups is 1. The van der Waals surface area contributed by atoms with E-state index in [-0.39, 0.29) is 11.3 Å². The number of aromatic nitrogens is 3. The molecule has 3 N–H and O–H groups in total. The number of primary amides is 1. The van der Waals surface area contributed by atoms with Gasteiger partial charge in [0.05, 0.1) is 23.1 Å². The maximum Gasteiger partial charge on any atom is 0.252 e. The van der Waals surface area contributed by atoms with Crippen molar-refractivity contribution in [2.75, 3.05) is 31.1 Å². The summed E-state index contributed by atoms with van der Waals surface area (Å²) in [4.78, 5) is 25.6. The van der Waals surface area contributed by atoms with Crippen molar-refractivity contribution in [2.24, 2.45) is 11.1 Å². The van der Waals surface area contributed by atoms with Gasteiger partial charge in [0, 0.05) is 57.0 Å². The van der Waals surface area contributed by atoms with Crippen molar-refractivity contribution in [3.8, 4) is 5.75 Å². The fourth-order valence-electron chi connectivity index (χ4n) is 5.74. The molecule has 2 fully saturated rings. The van der Waals surface area contributed by atoms with Crippen molar-refractivity contribution in [1.29, 1.82) is 0 Å². The Morgan fingerprint density at radius 3 is 2.58 bits per heavy atom. The summed E-state index contributed by atoms with van der Waals surface area (Å²) in [6.07, 6.45) is 8.26. The number of likely N-dealkylation sites (tertiary alicyclic amines) is 1. The van der Waals surface area contributed by atoms with Crippen LogP contribution < -0.4 is 10.6 Å². The van der Waals surface area contributed by atoms with Gasteiger partial charge in [-0.1, -0.05) is 12.1 Å². The van der Waals surface area contributed by atoms with Crippen LogP contribution in [-0.2, 0) is 13.1 Å². The third-order valence-corrected chi connectivity index (χ3v) is 7.69. The number of carbonyl (C=O) groups excluding carboxylic acids is 1. The first-order valence-corrected chi connectivity index (χ1v) is 12.4. The zero-order valence-corrected chi connectivity index (χ0v) is 20.2. The van der Waals surface area contributed by atoms with Crippen LogP contribution in [0.5, 0.6) is 5.75 Å². The second-order valence-electron chi connectivity index (χ2n) is 10.2. The molecule has 0 radical (unpaired) electrons. The molecule has 4 aromatic rings. The summed E-state index contributed by atoms with van der Waals surface area (Å²) in [6.45, 7) is 5.91. The second kappa shape index (κ2) is 8.95. The highest BCUT2D eigenvalue weighted by Crippen LogP contribution is 2.42. The average Bonchev–Trinajstić information content (AvgIpc) is 3.26. The lowest BCUT2D eigenvalue weighted by Gasteiger charge is -2.54. The number of rotatable bonds is 6. The Morgan fingerprint density at radius 1 is 1.03 bits per heavy atom. The van der Waals surface area contributed by atoms with Crippen molar-refractivity contribution in [3.05, 3.63) is 83.9 Å². The van der Waals surface area contributed by atoms with Crippen LogP contribution in [0.4, 0.5) is 5.69 Å². The largest absolute Gasteiger partial charge is 0.507 e. The van der Waals surface area contributed by atoms with Gasteiger partial charge in [0.15, 0.2) is 0 Å². The number of anilines is 1. The van der Waals surface area contributed by atoms with Gasteiger partial charge in [0.1, 0.15) is 11.4 Å². The molecule has 3 aromatic heterocycles. The minimum Gasteiger partial charge on any atom is -0.507 e. The number of aromatic hydroxyl groups is 1. The maximum atomic E-state index is 11.4. The number of benzene rings is 1. The monoisotopic (exact) mass is 482 g/mol. The maximum absolute atomic E-state index is 11.4. The zero-order valence-electron chi connectivity index (χ0n) is 20.2. The highest BCUT2D eigenvalue weighted by Gasteiger charge is 2.44. The fourth-order valence-corrected chi connectivity index (χ4v) is 5.74. The molecule has 6 rings (SSSR count). The van der Waals surface area contributed by atoms with E-state index < -0.39 is 5.91 Å². The minimum absolute atomic E-state index is 0.0964. The van der Waals surface area contributed by atoms with Crippen LogP contribution in [0, 0.1) is 5.41 Å². The second-order valence-corrected chi connectivity index (χ2v) is 10.2. The van der Waals surface area contributed by atoms with E-state index in [1.54, 1.807) is 12.1 Å². The lowest BCUT2D eigenvalue weighted by Crippen LogP contribution is -2.59. The van der Waals surface area contributed by atoms with E-state index in [1.807, 2.05) is 35.3 Å². The molecule has 1 aromatic carbocycles. The highest BCUT2D eigenvalue weighted by molar-refractivity contribution is 5.95. The average molecular weight is 483 g/mol. The number of nitrogens with two attached hydrogens (primary N) is 1. The third kappa shape index (κ3) is 4.28. The van der Waals surface area contributed by atoms with Crippen LogP contribution in [0.15, 0.2) is 67.1 Å². The van der Waals surface area contributed by atoms with Gasteiger partial charge in [-0.3, -0.25) is 14.7 Å². The molecule has 36 heavy (non-hydrogen) atoms. The van der Waals surface area contributed by atoms with Crippen molar-refractivity contribution < 1.29 is 9.90 Å². The smallest absolute Gasteiger partial charge is 0.252 e. The Hall–Kier alpha value is -3.91. The number of pyridine rings is 2. The van der Waals surface area contributed by atoms with E-state index >= 15 is 0 Å². The molecule has 2 saturated heterocycles. The molecule has 0 unspecified atom stereocenters. The number of hydrogen-bond donors (Lipinski definition) is 2. The summed E-state index contributed by atoms with van der Waals surface area (Å²) < 4.78 is 2.05. The number of phenols is 1.